The van der Waals surface area contributed by atoms with Gasteiger partial charge in [0, 0.05) is 4.88 Å². The van der Waals surface area contributed by atoms with E-state index >= 15 is 0 Å². The fraction of sp³-hybridized carbons (Fsp3) is 0.214. The summed E-state index contributed by atoms with van der Waals surface area (Å²) in [4.78, 5) is 11.9. The second-order valence-corrected chi connectivity index (χ2v) is 5.28. The van der Waals surface area contributed by atoms with Crippen molar-refractivity contribution < 1.29 is 23.1 Å². The van der Waals surface area contributed by atoms with Gasteiger partial charge in [0.15, 0.2) is 0 Å². The van der Waals surface area contributed by atoms with E-state index in [1.165, 1.54) is 23.5 Å². The van der Waals surface area contributed by atoms with Crippen LogP contribution in [-0.4, -0.2) is 11.1 Å². The molecule has 0 aliphatic rings. The van der Waals surface area contributed by atoms with Gasteiger partial charge in [0.05, 0.1) is 11.5 Å². The topological polar surface area (TPSA) is 37.3 Å². The number of carbonyl (C=O) groups is 1. The number of rotatable bonds is 4. The van der Waals surface area contributed by atoms with Gasteiger partial charge in [-0.05, 0) is 35.6 Å². The van der Waals surface area contributed by atoms with Gasteiger partial charge < -0.3 is 5.11 Å². The molecule has 0 spiro atoms. The summed E-state index contributed by atoms with van der Waals surface area (Å²) in [7, 11) is 0. The van der Waals surface area contributed by atoms with Crippen LogP contribution in [0.5, 0.6) is 0 Å². The number of aliphatic carboxylic acids is 1. The van der Waals surface area contributed by atoms with E-state index in [1.807, 2.05) is 0 Å². The van der Waals surface area contributed by atoms with Crippen molar-refractivity contribution in [1.29, 1.82) is 0 Å². The molecule has 6 heteroatoms. The molecule has 0 saturated heterocycles. The van der Waals surface area contributed by atoms with Gasteiger partial charge in [0.25, 0.3) is 0 Å². The summed E-state index contributed by atoms with van der Waals surface area (Å²) < 4.78 is 37.3. The molecule has 1 aromatic heterocycles. The molecule has 0 aliphatic heterocycles. The molecule has 2 nitrogen and oxygen atoms in total. The molecule has 1 N–H and O–H groups in total. The zero-order valence-electron chi connectivity index (χ0n) is 10.2. The van der Waals surface area contributed by atoms with Gasteiger partial charge in [0.2, 0.25) is 0 Å². The summed E-state index contributed by atoms with van der Waals surface area (Å²) in [5.74, 6) is -1.71. The van der Waals surface area contributed by atoms with Gasteiger partial charge in [-0.15, -0.1) is 11.3 Å². The molecular weight excluding hydrogens is 289 g/mol. The van der Waals surface area contributed by atoms with Crippen LogP contribution in [0.1, 0.15) is 21.9 Å². The third kappa shape index (κ3) is 3.39. The monoisotopic (exact) mass is 300 g/mol. The predicted octanol–water partition coefficient (Wildman–Crippen LogP) is 4.18. The molecule has 1 aromatic carbocycles. The van der Waals surface area contributed by atoms with Crippen LogP contribution in [0.2, 0.25) is 0 Å². The predicted molar refractivity (Wildman–Crippen MR) is 69.8 cm³/mol. The Bertz CT molecular complexity index is 573. The molecule has 2 rings (SSSR count). The maximum Gasteiger partial charge on any atom is 0.416 e. The standard InChI is InChI=1S/C14H11F3O2S/c15-14(16,17)10-5-3-9(4-6-10)8-11(13(18)19)12-2-1-7-20-12/h1-7,11H,8H2,(H,18,19). The van der Waals surface area contributed by atoms with Crippen LogP contribution in [0.15, 0.2) is 41.8 Å². The minimum absolute atomic E-state index is 0.175. The SMILES string of the molecule is O=C(O)C(Cc1ccc(C(F)(F)F)cc1)c1cccs1. The normalized spacial score (nSPS) is 13.2. The molecular formula is C14H11F3O2S. The summed E-state index contributed by atoms with van der Waals surface area (Å²) in [5.41, 5.74) is -0.164. The Labute approximate surface area is 117 Å². The fourth-order valence-electron chi connectivity index (χ4n) is 1.86. The van der Waals surface area contributed by atoms with Crippen molar-refractivity contribution in [2.75, 3.05) is 0 Å². The lowest BCUT2D eigenvalue weighted by atomic mass is 9.97. The Morgan fingerprint density at radius 1 is 1.20 bits per heavy atom. The molecule has 1 heterocycles. The number of thiophene rings is 1. The Morgan fingerprint density at radius 2 is 1.85 bits per heavy atom. The van der Waals surface area contributed by atoms with Gasteiger partial charge in [-0.1, -0.05) is 18.2 Å². The molecule has 0 radical (unpaired) electrons. The second-order valence-electron chi connectivity index (χ2n) is 4.31. The summed E-state index contributed by atoms with van der Waals surface area (Å²) in [6.07, 6.45) is -4.20. The highest BCUT2D eigenvalue weighted by atomic mass is 32.1. The molecule has 1 atom stereocenters. The highest BCUT2D eigenvalue weighted by Crippen LogP contribution is 2.30. The van der Waals surface area contributed by atoms with Crippen molar-refractivity contribution in [1.82, 2.24) is 0 Å². The number of hydrogen-bond donors (Lipinski definition) is 1. The van der Waals surface area contributed by atoms with Gasteiger partial charge in [-0.2, -0.15) is 13.2 Å². The summed E-state index contributed by atoms with van der Waals surface area (Å²) >= 11 is 1.33. The molecule has 0 amide bonds. The van der Waals surface area contributed by atoms with Crippen LogP contribution in [-0.2, 0) is 17.4 Å². The highest BCUT2D eigenvalue weighted by Gasteiger charge is 2.30. The van der Waals surface area contributed by atoms with Crippen molar-refractivity contribution in [2.24, 2.45) is 0 Å². The summed E-state index contributed by atoms with van der Waals surface area (Å²) in [6.45, 7) is 0. The summed E-state index contributed by atoms with van der Waals surface area (Å²) in [5, 5.41) is 11.0. The van der Waals surface area contributed by atoms with E-state index in [9.17, 15) is 23.1 Å². The first-order valence-corrected chi connectivity index (χ1v) is 6.68. The van der Waals surface area contributed by atoms with Crippen LogP contribution in [0.25, 0.3) is 0 Å². The number of carboxylic acids is 1. The Kier molecular flexibility index (Phi) is 4.13. The third-order valence-corrected chi connectivity index (χ3v) is 3.89. The van der Waals surface area contributed by atoms with E-state index in [0.29, 0.717) is 10.4 Å². The molecule has 106 valence electrons. The number of hydrogen-bond acceptors (Lipinski definition) is 2. The van der Waals surface area contributed by atoms with E-state index < -0.39 is 23.6 Å². The van der Waals surface area contributed by atoms with Crippen molar-refractivity contribution in [3.8, 4) is 0 Å². The van der Waals surface area contributed by atoms with Crippen LogP contribution >= 0.6 is 11.3 Å². The highest BCUT2D eigenvalue weighted by molar-refractivity contribution is 7.10. The Balaban J connectivity index is 2.18. The zero-order chi connectivity index (χ0) is 14.8. The molecule has 2 aromatic rings. The van der Waals surface area contributed by atoms with Gasteiger partial charge in [0.1, 0.15) is 0 Å². The van der Waals surface area contributed by atoms with Gasteiger partial charge in [-0.3, -0.25) is 4.79 Å². The molecule has 1 unspecified atom stereocenters. The average molecular weight is 300 g/mol. The summed E-state index contributed by atoms with van der Waals surface area (Å²) in [6, 6.07) is 8.07. The maximum atomic E-state index is 12.4. The van der Waals surface area contributed by atoms with E-state index in [2.05, 4.69) is 0 Å². The van der Waals surface area contributed by atoms with Crippen molar-refractivity contribution >= 4 is 17.3 Å². The van der Waals surface area contributed by atoms with Gasteiger partial charge >= 0.3 is 12.1 Å². The minimum atomic E-state index is -4.38. The van der Waals surface area contributed by atoms with Crippen molar-refractivity contribution in [3.05, 3.63) is 57.8 Å². The van der Waals surface area contributed by atoms with Gasteiger partial charge in [-0.25, -0.2) is 0 Å². The maximum absolute atomic E-state index is 12.4. The van der Waals surface area contributed by atoms with Crippen LogP contribution in [0.3, 0.4) is 0 Å². The smallest absolute Gasteiger partial charge is 0.416 e. The molecule has 0 fully saturated rings. The lowest BCUT2D eigenvalue weighted by Crippen LogP contribution is -2.13. The Hall–Kier alpha value is -1.82. The quantitative estimate of drug-likeness (QED) is 0.919. The lowest BCUT2D eigenvalue weighted by molar-refractivity contribution is -0.139. The molecule has 0 bridgehead atoms. The number of halogens is 3. The lowest BCUT2D eigenvalue weighted by Gasteiger charge is -2.12. The van der Waals surface area contributed by atoms with Crippen molar-refractivity contribution in [3.63, 3.8) is 0 Å². The molecule has 0 aliphatic carbocycles. The van der Waals surface area contributed by atoms with E-state index in [1.54, 1.807) is 17.5 Å². The van der Waals surface area contributed by atoms with E-state index in [4.69, 9.17) is 0 Å². The second kappa shape index (κ2) is 5.66. The third-order valence-electron chi connectivity index (χ3n) is 2.91. The van der Waals surface area contributed by atoms with Crippen LogP contribution < -0.4 is 0 Å². The number of carboxylic acid groups (broad SMARTS) is 1. The first-order chi connectivity index (χ1) is 9.38. The minimum Gasteiger partial charge on any atom is -0.481 e. The van der Waals surface area contributed by atoms with E-state index in [-0.39, 0.29) is 6.42 Å². The van der Waals surface area contributed by atoms with Crippen LogP contribution in [0, 0.1) is 0 Å². The first-order valence-electron chi connectivity index (χ1n) is 5.80. The Morgan fingerprint density at radius 3 is 2.30 bits per heavy atom. The van der Waals surface area contributed by atoms with Crippen LogP contribution in [0.4, 0.5) is 13.2 Å². The molecule has 20 heavy (non-hydrogen) atoms. The number of benzene rings is 1. The number of alkyl halides is 3. The zero-order valence-corrected chi connectivity index (χ0v) is 11.0. The van der Waals surface area contributed by atoms with Crippen molar-refractivity contribution in [2.45, 2.75) is 18.5 Å². The first kappa shape index (κ1) is 14.6. The fourth-order valence-corrected chi connectivity index (χ4v) is 2.68. The largest absolute Gasteiger partial charge is 0.481 e. The molecule has 0 saturated carbocycles. The average Bonchev–Trinajstić information content (AvgIpc) is 2.88. The van der Waals surface area contributed by atoms with E-state index in [0.717, 1.165) is 12.1 Å².